The molecule has 0 aromatic heterocycles. The van der Waals surface area contributed by atoms with Crippen LogP contribution >= 0.6 is 0 Å². The van der Waals surface area contributed by atoms with Gasteiger partial charge in [-0.15, -0.1) is 0 Å². The Balaban J connectivity index is 2.45. The number of aliphatic imine (C=N–C) groups is 1. The summed E-state index contributed by atoms with van der Waals surface area (Å²) >= 11 is 2.27. The molecule has 0 aliphatic carbocycles. The van der Waals surface area contributed by atoms with Crippen LogP contribution in [-0.4, -0.2) is 34.0 Å². The molecule has 34 valence electrons. The van der Waals surface area contributed by atoms with E-state index in [0.29, 0.717) is 0 Å². The van der Waals surface area contributed by atoms with E-state index in [9.17, 15) is 0 Å². The third-order valence-electron chi connectivity index (χ3n) is 0.570. The Kier molecular flexibility index (Phi) is 1.13. The van der Waals surface area contributed by atoms with Crippen molar-refractivity contribution in [2.45, 2.75) is 0 Å². The van der Waals surface area contributed by atoms with Crippen molar-refractivity contribution in [3.63, 3.8) is 0 Å². The van der Waals surface area contributed by atoms with Crippen LogP contribution in [0.4, 0.5) is 0 Å². The van der Waals surface area contributed by atoms with Gasteiger partial charge in [-0.2, -0.15) is 0 Å². The Labute approximate surface area is 44.4 Å². The predicted molar refractivity (Wildman–Crippen MR) is 25.4 cm³/mol. The van der Waals surface area contributed by atoms with Gasteiger partial charge in [0.2, 0.25) is 0 Å². The molecule has 0 atom stereocenters. The molecule has 6 heavy (non-hydrogen) atoms. The van der Waals surface area contributed by atoms with Crippen LogP contribution in [0.25, 0.3) is 0 Å². The molecule has 0 saturated carbocycles. The summed E-state index contributed by atoms with van der Waals surface area (Å²) in [5.41, 5.74) is 0. The minimum absolute atomic E-state index is 0.766. The minimum atomic E-state index is 0.766. The quantitative estimate of drug-likeness (QED) is 0.417. The van der Waals surface area contributed by atoms with Gasteiger partial charge < -0.3 is 0 Å². The Bertz CT molecular complexity index is 80.9. The summed E-state index contributed by atoms with van der Waals surface area (Å²) in [6.07, 6.45) is 0. The molecule has 0 aromatic carbocycles. The molecule has 3 heteroatoms. The van der Waals surface area contributed by atoms with Gasteiger partial charge in [0.05, 0.1) is 0 Å². The van der Waals surface area contributed by atoms with Gasteiger partial charge in [-0.05, 0) is 0 Å². The number of hydrogen-bond acceptors (Lipinski definition) is 2. The summed E-state index contributed by atoms with van der Waals surface area (Å²) in [6, 6.07) is 0. The molecule has 1 heterocycles. The SMILES string of the molecule is [SeH]C1=NCCO1. The van der Waals surface area contributed by atoms with Gasteiger partial charge in [0.15, 0.2) is 0 Å². The average Bonchev–Trinajstić information content (AvgIpc) is 1.86. The molecule has 1 rings (SSSR count). The summed E-state index contributed by atoms with van der Waals surface area (Å²) in [7, 11) is 0. The first kappa shape index (κ1) is 4.16. The molecule has 0 saturated heterocycles. The van der Waals surface area contributed by atoms with Gasteiger partial charge in [0.1, 0.15) is 0 Å². The Hall–Kier alpha value is -0.0105. The van der Waals surface area contributed by atoms with E-state index in [2.05, 4.69) is 21.0 Å². The molecular weight excluding hydrogens is 145 g/mol. The number of ether oxygens (including phenoxy) is 1. The Morgan fingerprint density at radius 3 is 2.83 bits per heavy atom. The third kappa shape index (κ3) is 0.730. The summed E-state index contributed by atoms with van der Waals surface area (Å²) in [5.74, 6) is 0. The number of hydrogen-bond donors (Lipinski definition) is 0. The zero-order chi connectivity index (χ0) is 4.41. The van der Waals surface area contributed by atoms with Crippen molar-refractivity contribution < 1.29 is 4.74 Å². The molecule has 0 amide bonds. The van der Waals surface area contributed by atoms with Crippen LogP contribution in [0.3, 0.4) is 0 Å². The van der Waals surface area contributed by atoms with E-state index in [-0.39, 0.29) is 0 Å². The van der Waals surface area contributed by atoms with Crippen LogP contribution in [0.1, 0.15) is 0 Å². The standard InChI is InChI=1S/C3H5NOSe/c6-3-4-1-2-5-3/h1-2H2,(H,4,6). The van der Waals surface area contributed by atoms with E-state index in [1.54, 1.807) is 0 Å². The molecular formula is C3H5NOSe. The zero-order valence-electron chi connectivity index (χ0n) is 3.22. The normalized spacial score (nSPS) is 19.8. The summed E-state index contributed by atoms with van der Waals surface area (Å²) in [4.78, 5) is 4.67. The molecule has 0 bridgehead atoms. The van der Waals surface area contributed by atoms with Crippen molar-refractivity contribution in [3.8, 4) is 0 Å². The molecule has 0 spiro atoms. The maximum absolute atomic E-state index is 4.88. The molecule has 1 aliphatic rings. The van der Waals surface area contributed by atoms with Gasteiger partial charge >= 0.3 is 43.7 Å². The van der Waals surface area contributed by atoms with Crippen LogP contribution in [-0.2, 0) is 4.74 Å². The van der Waals surface area contributed by atoms with E-state index in [1.807, 2.05) is 0 Å². The van der Waals surface area contributed by atoms with Gasteiger partial charge in [-0.25, -0.2) is 0 Å². The molecule has 0 fully saturated rings. The Morgan fingerprint density at radius 2 is 2.67 bits per heavy atom. The predicted octanol–water partition coefficient (Wildman–Crippen LogP) is -0.727. The zero-order valence-corrected chi connectivity index (χ0v) is 5.09. The van der Waals surface area contributed by atoms with Crippen molar-refractivity contribution in [1.29, 1.82) is 0 Å². The van der Waals surface area contributed by atoms with Gasteiger partial charge in [0.25, 0.3) is 0 Å². The second-order valence-corrected chi connectivity index (χ2v) is 1.82. The van der Waals surface area contributed by atoms with Gasteiger partial charge in [-0.3, -0.25) is 0 Å². The van der Waals surface area contributed by atoms with E-state index >= 15 is 0 Å². The molecule has 0 radical (unpaired) electrons. The first-order valence-electron chi connectivity index (χ1n) is 1.76. The fourth-order valence-electron chi connectivity index (χ4n) is 0.324. The summed E-state index contributed by atoms with van der Waals surface area (Å²) < 4.78 is 4.88. The summed E-state index contributed by atoms with van der Waals surface area (Å²) in [6.45, 7) is 1.61. The first-order chi connectivity index (χ1) is 2.89. The van der Waals surface area contributed by atoms with E-state index < -0.39 is 0 Å². The van der Waals surface area contributed by atoms with E-state index in [1.165, 1.54) is 0 Å². The van der Waals surface area contributed by atoms with Crippen molar-refractivity contribution >= 4 is 20.8 Å². The maximum atomic E-state index is 4.88. The second-order valence-electron chi connectivity index (χ2n) is 1.01. The number of rotatable bonds is 0. The van der Waals surface area contributed by atoms with Crippen LogP contribution in [0.5, 0.6) is 0 Å². The molecule has 0 aromatic rings. The fourth-order valence-corrected chi connectivity index (χ4v) is 0.725. The molecule has 2 nitrogen and oxygen atoms in total. The van der Waals surface area contributed by atoms with E-state index in [0.717, 1.165) is 17.9 Å². The van der Waals surface area contributed by atoms with Crippen LogP contribution < -0.4 is 0 Å². The average molecular weight is 150 g/mol. The van der Waals surface area contributed by atoms with Crippen LogP contribution in [0.15, 0.2) is 4.99 Å². The van der Waals surface area contributed by atoms with Crippen molar-refractivity contribution in [2.24, 2.45) is 4.99 Å². The summed E-state index contributed by atoms with van der Waals surface area (Å²) in [5, 5.41) is 0. The molecule has 0 N–H and O–H groups in total. The topological polar surface area (TPSA) is 21.6 Å². The van der Waals surface area contributed by atoms with Gasteiger partial charge in [0, 0.05) is 0 Å². The monoisotopic (exact) mass is 151 g/mol. The van der Waals surface area contributed by atoms with Crippen LogP contribution in [0.2, 0.25) is 0 Å². The third-order valence-corrected chi connectivity index (χ3v) is 1.14. The Morgan fingerprint density at radius 1 is 1.83 bits per heavy atom. The van der Waals surface area contributed by atoms with Crippen molar-refractivity contribution in [3.05, 3.63) is 0 Å². The first-order valence-corrected chi connectivity index (χ1v) is 2.69. The molecule has 1 aliphatic heterocycles. The van der Waals surface area contributed by atoms with Crippen molar-refractivity contribution in [1.82, 2.24) is 0 Å². The fraction of sp³-hybridized carbons (Fsp3) is 0.667. The van der Waals surface area contributed by atoms with E-state index in [4.69, 9.17) is 4.74 Å². The molecule has 0 unspecified atom stereocenters. The van der Waals surface area contributed by atoms with Crippen molar-refractivity contribution in [2.75, 3.05) is 13.2 Å². The van der Waals surface area contributed by atoms with Crippen LogP contribution in [0, 0.1) is 0 Å². The van der Waals surface area contributed by atoms with Gasteiger partial charge in [-0.1, -0.05) is 0 Å². The number of nitrogens with zero attached hydrogens (tertiary/aromatic N) is 1. The second kappa shape index (κ2) is 1.63.